The molecule has 0 spiro atoms. The molecule has 0 bridgehead atoms. The van der Waals surface area contributed by atoms with Crippen LogP contribution < -0.4 is 10.6 Å². The van der Waals surface area contributed by atoms with E-state index in [2.05, 4.69) is 109 Å². The van der Waals surface area contributed by atoms with Crippen LogP contribution in [0.4, 0.5) is 0 Å². The van der Waals surface area contributed by atoms with Crippen molar-refractivity contribution in [2.45, 2.75) is 18.5 Å². The summed E-state index contributed by atoms with van der Waals surface area (Å²) in [6.45, 7) is 0. The van der Waals surface area contributed by atoms with E-state index in [4.69, 9.17) is 0 Å². The van der Waals surface area contributed by atoms with Crippen molar-refractivity contribution in [2.24, 2.45) is 0 Å². The van der Waals surface area contributed by atoms with Crippen LogP contribution in [0.15, 0.2) is 109 Å². The van der Waals surface area contributed by atoms with E-state index in [0.717, 1.165) is 0 Å². The molecule has 0 aliphatic heterocycles. The van der Waals surface area contributed by atoms with Crippen LogP contribution in [-0.2, 0) is 6.42 Å². The molecule has 0 nitrogen and oxygen atoms in total. The minimum atomic E-state index is -0.445. The van der Waals surface area contributed by atoms with Crippen molar-refractivity contribution < 1.29 is 0 Å². The Morgan fingerprint density at radius 3 is 1.75 bits per heavy atom. The van der Waals surface area contributed by atoms with Gasteiger partial charge in [0.25, 0.3) is 0 Å². The van der Waals surface area contributed by atoms with Crippen molar-refractivity contribution in [1.82, 2.24) is 0 Å². The lowest BCUT2D eigenvalue weighted by Gasteiger charge is -2.28. The molecule has 0 N–H and O–H groups in total. The van der Waals surface area contributed by atoms with Gasteiger partial charge >= 0.3 is 0 Å². The molecule has 1 atom stereocenters. The van der Waals surface area contributed by atoms with Gasteiger partial charge in [0.15, 0.2) is 0 Å². The van der Waals surface area contributed by atoms with Gasteiger partial charge in [-0.3, -0.25) is 0 Å². The summed E-state index contributed by atoms with van der Waals surface area (Å²) in [5.41, 5.74) is 6.42. The standard InChI is InChI=1S/C27H23P/c1-4-11-21(12-5-1)25-18-10-13-22-19-20-26(27(22)25)28(23-14-6-2-7-15-23)24-16-8-3-9-17-24/h1-18,26H,19-20H2/t26-/m0/s1. The lowest BCUT2D eigenvalue weighted by molar-refractivity contribution is 0.885. The molecular formula is C27H23P. The van der Waals surface area contributed by atoms with Gasteiger partial charge in [0.05, 0.1) is 0 Å². The monoisotopic (exact) mass is 378 g/mol. The smallest absolute Gasteiger partial charge is 0.0134 e. The van der Waals surface area contributed by atoms with E-state index in [-0.39, 0.29) is 0 Å². The van der Waals surface area contributed by atoms with Gasteiger partial charge < -0.3 is 0 Å². The predicted octanol–water partition coefficient (Wildman–Crippen LogP) is 6.47. The molecule has 0 unspecified atom stereocenters. The number of hydrogen-bond acceptors (Lipinski definition) is 0. The Morgan fingerprint density at radius 2 is 1.14 bits per heavy atom. The number of fused-ring (bicyclic) bond motifs is 1. The maximum Gasteiger partial charge on any atom is 0.0134 e. The Balaban J connectivity index is 1.68. The van der Waals surface area contributed by atoms with E-state index in [1.807, 2.05) is 0 Å². The molecule has 0 amide bonds. The molecule has 0 aromatic heterocycles. The van der Waals surface area contributed by atoms with E-state index >= 15 is 0 Å². The number of aryl methyl sites for hydroxylation is 1. The third kappa shape index (κ3) is 3.19. The number of benzene rings is 4. The maximum absolute atomic E-state index is 2.34. The van der Waals surface area contributed by atoms with Crippen molar-refractivity contribution in [3.8, 4) is 11.1 Å². The van der Waals surface area contributed by atoms with Crippen LogP contribution in [0.5, 0.6) is 0 Å². The second-order valence-corrected chi connectivity index (χ2v) is 9.74. The fourth-order valence-corrected chi connectivity index (χ4v) is 7.43. The van der Waals surface area contributed by atoms with Gasteiger partial charge in [0, 0.05) is 5.66 Å². The Bertz CT molecular complexity index is 1020. The first kappa shape index (κ1) is 17.4. The van der Waals surface area contributed by atoms with Crippen LogP contribution in [0, 0.1) is 0 Å². The van der Waals surface area contributed by atoms with Crippen LogP contribution in [0.25, 0.3) is 11.1 Å². The quantitative estimate of drug-likeness (QED) is 0.357. The van der Waals surface area contributed by atoms with E-state index in [0.29, 0.717) is 5.66 Å². The molecule has 0 saturated heterocycles. The molecule has 1 aliphatic rings. The Kier molecular flexibility index (Phi) is 4.81. The molecule has 0 saturated carbocycles. The zero-order valence-electron chi connectivity index (χ0n) is 15.8. The van der Waals surface area contributed by atoms with Crippen molar-refractivity contribution in [3.63, 3.8) is 0 Å². The van der Waals surface area contributed by atoms with Gasteiger partial charge in [-0.1, -0.05) is 109 Å². The van der Waals surface area contributed by atoms with E-state index < -0.39 is 7.92 Å². The van der Waals surface area contributed by atoms with Crippen molar-refractivity contribution in [1.29, 1.82) is 0 Å². The molecule has 0 heterocycles. The zero-order valence-corrected chi connectivity index (χ0v) is 16.7. The topological polar surface area (TPSA) is 0 Å². The largest absolute Gasteiger partial charge is 0.0622 e. The predicted molar refractivity (Wildman–Crippen MR) is 122 cm³/mol. The third-order valence-electron chi connectivity index (χ3n) is 5.68. The SMILES string of the molecule is c1ccc(-c2cccc3c2[C@@H](P(c2ccccc2)c2ccccc2)CC3)cc1. The van der Waals surface area contributed by atoms with Crippen molar-refractivity contribution >= 4 is 18.5 Å². The minimum absolute atomic E-state index is 0.445. The summed E-state index contributed by atoms with van der Waals surface area (Å²) < 4.78 is 0. The summed E-state index contributed by atoms with van der Waals surface area (Å²) in [6, 6.07) is 40.1. The summed E-state index contributed by atoms with van der Waals surface area (Å²) in [6.07, 6.45) is 2.41. The number of rotatable bonds is 4. The highest BCUT2D eigenvalue weighted by Crippen LogP contribution is 2.57. The Morgan fingerprint density at radius 1 is 0.571 bits per heavy atom. The van der Waals surface area contributed by atoms with E-state index in [9.17, 15) is 0 Å². The van der Waals surface area contributed by atoms with Gasteiger partial charge in [-0.2, -0.15) is 0 Å². The van der Waals surface area contributed by atoms with Crippen LogP contribution in [0.1, 0.15) is 23.2 Å². The van der Waals surface area contributed by atoms with E-state index in [1.54, 1.807) is 5.56 Å². The lowest BCUT2D eigenvalue weighted by Crippen LogP contribution is -2.16. The van der Waals surface area contributed by atoms with Crippen molar-refractivity contribution in [2.75, 3.05) is 0 Å². The zero-order chi connectivity index (χ0) is 18.8. The first-order chi connectivity index (χ1) is 13.9. The lowest BCUT2D eigenvalue weighted by atomic mass is 9.97. The van der Waals surface area contributed by atoms with E-state index in [1.165, 1.54) is 40.1 Å². The molecule has 0 fully saturated rings. The normalized spacial score (nSPS) is 15.5. The number of hydrogen-bond donors (Lipinski definition) is 0. The summed E-state index contributed by atoms with van der Waals surface area (Å²) >= 11 is 0. The van der Waals surface area contributed by atoms with Gasteiger partial charge in [0.1, 0.15) is 0 Å². The fourth-order valence-electron chi connectivity index (χ4n) is 4.47. The third-order valence-corrected chi connectivity index (χ3v) is 8.53. The maximum atomic E-state index is 2.34. The Labute approximate surface area is 168 Å². The molecule has 28 heavy (non-hydrogen) atoms. The summed E-state index contributed by atoms with van der Waals surface area (Å²) in [5, 5.41) is 2.95. The van der Waals surface area contributed by atoms with Crippen molar-refractivity contribution in [3.05, 3.63) is 120 Å². The fraction of sp³-hybridized carbons (Fsp3) is 0.111. The highest BCUT2D eigenvalue weighted by molar-refractivity contribution is 7.73. The average Bonchev–Trinajstić information content (AvgIpc) is 3.20. The summed E-state index contributed by atoms with van der Waals surface area (Å²) in [7, 11) is -0.445. The van der Waals surface area contributed by atoms with Crippen LogP contribution >= 0.6 is 7.92 Å². The molecule has 136 valence electrons. The average molecular weight is 378 g/mol. The van der Waals surface area contributed by atoms with Gasteiger partial charge in [-0.05, 0) is 53.6 Å². The molecule has 1 heteroatoms. The molecule has 0 radical (unpaired) electrons. The highest BCUT2D eigenvalue weighted by Gasteiger charge is 2.33. The van der Waals surface area contributed by atoms with Crippen LogP contribution in [0.3, 0.4) is 0 Å². The first-order valence-corrected chi connectivity index (χ1v) is 11.4. The highest BCUT2D eigenvalue weighted by atomic mass is 31.1. The Hall–Kier alpha value is -2.69. The van der Waals surface area contributed by atoms with Gasteiger partial charge in [0.2, 0.25) is 0 Å². The second kappa shape index (κ2) is 7.74. The first-order valence-electron chi connectivity index (χ1n) is 9.98. The summed E-state index contributed by atoms with van der Waals surface area (Å²) in [5.74, 6) is 0. The molecular weight excluding hydrogens is 355 g/mol. The van der Waals surface area contributed by atoms with Crippen LogP contribution in [0.2, 0.25) is 0 Å². The molecule has 5 rings (SSSR count). The molecule has 1 aliphatic carbocycles. The van der Waals surface area contributed by atoms with Crippen LogP contribution in [-0.4, -0.2) is 0 Å². The second-order valence-electron chi connectivity index (χ2n) is 7.34. The summed E-state index contributed by atoms with van der Waals surface area (Å²) in [4.78, 5) is 0. The minimum Gasteiger partial charge on any atom is -0.0622 e. The molecule has 4 aromatic carbocycles. The molecule has 4 aromatic rings. The van der Waals surface area contributed by atoms with Gasteiger partial charge in [-0.25, -0.2) is 0 Å². The van der Waals surface area contributed by atoms with Gasteiger partial charge in [-0.15, -0.1) is 0 Å².